The fourth-order valence-electron chi connectivity index (χ4n) is 1.80. The fourth-order valence-corrected chi connectivity index (χ4v) is 1.80. The summed E-state index contributed by atoms with van der Waals surface area (Å²) < 4.78 is 5.12. The molecule has 4 nitrogen and oxygen atoms in total. The van der Waals surface area contributed by atoms with E-state index in [9.17, 15) is 0 Å². The first-order chi connectivity index (χ1) is 8.61. The van der Waals surface area contributed by atoms with Crippen LogP contribution < -0.4 is 10.5 Å². The van der Waals surface area contributed by atoms with E-state index in [-0.39, 0.29) is 6.04 Å². The molecule has 0 amide bonds. The molecule has 0 spiro atoms. The lowest BCUT2D eigenvalue weighted by molar-refractivity contribution is 0.415. The van der Waals surface area contributed by atoms with Crippen LogP contribution in [0.5, 0.6) is 5.75 Å². The van der Waals surface area contributed by atoms with Crippen LogP contribution in [-0.4, -0.2) is 17.1 Å². The smallest absolute Gasteiger partial charge is 0.159 e. The molecule has 1 unspecified atom stereocenters. The van der Waals surface area contributed by atoms with Gasteiger partial charge in [0.1, 0.15) is 5.75 Å². The summed E-state index contributed by atoms with van der Waals surface area (Å²) in [6.07, 6.45) is 1.80. The molecule has 0 aliphatic carbocycles. The van der Waals surface area contributed by atoms with Gasteiger partial charge in [0.15, 0.2) is 5.82 Å². The van der Waals surface area contributed by atoms with E-state index in [1.54, 1.807) is 13.3 Å². The van der Waals surface area contributed by atoms with Gasteiger partial charge >= 0.3 is 0 Å². The number of aryl methyl sites for hydroxylation is 1. The number of benzene rings is 1. The van der Waals surface area contributed by atoms with Gasteiger partial charge in [0.2, 0.25) is 0 Å². The molecule has 0 aliphatic rings. The molecule has 0 bridgehead atoms. The molecular formula is C14H17N3O. The van der Waals surface area contributed by atoms with Crippen molar-refractivity contribution < 1.29 is 4.74 Å². The van der Waals surface area contributed by atoms with Gasteiger partial charge in [-0.25, -0.2) is 9.97 Å². The molecule has 4 heteroatoms. The lowest BCUT2D eigenvalue weighted by atomic mass is 10.1. The minimum atomic E-state index is -0.0464. The van der Waals surface area contributed by atoms with Crippen LogP contribution in [0.3, 0.4) is 0 Å². The number of aromatic nitrogens is 2. The zero-order valence-electron chi connectivity index (χ0n) is 10.8. The topological polar surface area (TPSA) is 61.0 Å². The SMILES string of the molecule is COc1ccc(-c2ncc(C(C)N)c(C)n2)cc1. The second-order valence-electron chi connectivity index (χ2n) is 4.25. The van der Waals surface area contributed by atoms with E-state index < -0.39 is 0 Å². The third-order valence-electron chi connectivity index (χ3n) is 2.86. The van der Waals surface area contributed by atoms with Crippen molar-refractivity contribution >= 4 is 0 Å². The Balaban J connectivity index is 2.36. The number of hydrogen-bond donors (Lipinski definition) is 1. The monoisotopic (exact) mass is 243 g/mol. The van der Waals surface area contributed by atoms with Gasteiger partial charge in [0.05, 0.1) is 7.11 Å². The summed E-state index contributed by atoms with van der Waals surface area (Å²) in [6, 6.07) is 7.63. The Kier molecular flexibility index (Phi) is 3.58. The third kappa shape index (κ3) is 2.49. The average molecular weight is 243 g/mol. The van der Waals surface area contributed by atoms with Gasteiger partial charge < -0.3 is 10.5 Å². The highest BCUT2D eigenvalue weighted by Gasteiger charge is 2.08. The summed E-state index contributed by atoms with van der Waals surface area (Å²) in [5.41, 5.74) is 8.71. The first-order valence-corrected chi connectivity index (χ1v) is 5.85. The van der Waals surface area contributed by atoms with Gasteiger partial charge in [-0.3, -0.25) is 0 Å². The summed E-state index contributed by atoms with van der Waals surface area (Å²) in [5.74, 6) is 1.53. The van der Waals surface area contributed by atoms with Crippen molar-refractivity contribution in [1.29, 1.82) is 0 Å². The van der Waals surface area contributed by atoms with Crippen molar-refractivity contribution in [3.05, 3.63) is 41.7 Å². The molecule has 94 valence electrons. The van der Waals surface area contributed by atoms with Crippen LogP contribution in [0.15, 0.2) is 30.5 Å². The largest absolute Gasteiger partial charge is 0.497 e. The predicted molar refractivity (Wildman–Crippen MR) is 71.4 cm³/mol. The first-order valence-electron chi connectivity index (χ1n) is 5.85. The fraction of sp³-hybridized carbons (Fsp3) is 0.286. The summed E-state index contributed by atoms with van der Waals surface area (Å²) in [6.45, 7) is 3.88. The lowest BCUT2D eigenvalue weighted by Crippen LogP contribution is -2.09. The highest BCUT2D eigenvalue weighted by molar-refractivity contribution is 5.56. The number of methoxy groups -OCH3 is 1. The van der Waals surface area contributed by atoms with Crippen molar-refractivity contribution in [3.63, 3.8) is 0 Å². The van der Waals surface area contributed by atoms with E-state index in [0.717, 1.165) is 22.6 Å². The molecule has 2 rings (SSSR count). The van der Waals surface area contributed by atoms with E-state index in [2.05, 4.69) is 9.97 Å². The number of ether oxygens (including phenoxy) is 1. The van der Waals surface area contributed by atoms with E-state index in [4.69, 9.17) is 10.5 Å². The van der Waals surface area contributed by atoms with E-state index >= 15 is 0 Å². The molecule has 1 aromatic carbocycles. The maximum absolute atomic E-state index is 5.84. The Hall–Kier alpha value is -1.94. The summed E-state index contributed by atoms with van der Waals surface area (Å²) in [4.78, 5) is 8.84. The normalized spacial score (nSPS) is 12.2. The molecule has 2 aromatic rings. The Morgan fingerprint density at radius 3 is 2.39 bits per heavy atom. The minimum absolute atomic E-state index is 0.0464. The maximum Gasteiger partial charge on any atom is 0.159 e. The van der Waals surface area contributed by atoms with Gasteiger partial charge in [0, 0.05) is 29.1 Å². The van der Waals surface area contributed by atoms with Crippen molar-refractivity contribution in [2.75, 3.05) is 7.11 Å². The lowest BCUT2D eigenvalue weighted by Gasteiger charge is -2.10. The van der Waals surface area contributed by atoms with E-state index in [1.807, 2.05) is 38.1 Å². The highest BCUT2D eigenvalue weighted by Crippen LogP contribution is 2.21. The van der Waals surface area contributed by atoms with E-state index in [1.165, 1.54) is 0 Å². The van der Waals surface area contributed by atoms with Gasteiger partial charge in [-0.15, -0.1) is 0 Å². The Morgan fingerprint density at radius 1 is 1.22 bits per heavy atom. The van der Waals surface area contributed by atoms with Crippen molar-refractivity contribution in [2.45, 2.75) is 19.9 Å². The number of hydrogen-bond acceptors (Lipinski definition) is 4. The van der Waals surface area contributed by atoms with Crippen LogP contribution in [0.2, 0.25) is 0 Å². The molecule has 2 N–H and O–H groups in total. The standard InChI is InChI=1S/C14H17N3O/c1-9(15)13-8-16-14(17-10(13)2)11-4-6-12(18-3)7-5-11/h4-9H,15H2,1-3H3. The zero-order chi connectivity index (χ0) is 13.1. The van der Waals surface area contributed by atoms with Crippen molar-refractivity contribution in [3.8, 4) is 17.1 Å². The molecule has 0 saturated carbocycles. The van der Waals surface area contributed by atoms with Crippen LogP contribution in [0.1, 0.15) is 24.2 Å². The van der Waals surface area contributed by atoms with Crippen LogP contribution in [0.25, 0.3) is 11.4 Å². The minimum Gasteiger partial charge on any atom is -0.497 e. The molecule has 18 heavy (non-hydrogen) atoms. The van der Waals surface area contributed by atoms with Crippen molar-refractivity contribution in [2.24, 2.45) is 5.73 Å². The Bertz CT molecular complexity index is 535. The van der Waals surface area contributed by atoms with Gasteiger partial charge in [0.25, 0.3) is 0 Å². The molecule has 1 aromatic heterocycles. The molecule has 1 heterocycles. The van der Waals surface area contributed by atoms with E-state index in [0.29, 0.717) is 5.82 Å². The second kappa shape index (κ2) is 5.14. The molecular weight excluding hydrogens is 226 g/mol. The number of nitrogens with two attached hydrogens (primary N) is 1. The molecule has 0 aliphatic heterocycles. The summed E-state index contributed by atoms with van der Waals surface area (Å²) in [7, 11) is 1.65. The summed E-state index contributed by atoms with van der Waals surface area (Å²) in [5, 5.41) is 0. The van der Waals surface area contributed by atoms with Crippen LogP contribution >= 0.6 is 0 Å². The molecule has 1 atom stereocenters. The highest BCUT2D eigenvalue weighted by atomic mass is 16.5. The second-order valence-corrected chi connectivity index (χ2v) is 4.25. The van der Waals surface area contributed by atoms with Gasteiger partial charge in [-0.05, 0) is 38.1 Å². The zero-order valence-corrected chi connectivity index (χ0v) is 10.8. The van der Waals surface area contributed by atoms with Crippen LogP contribution in [0, 0.1) is 6.92 Å². The quantitative estimate of drug-likeness (QED) is 0.899. The molecule has 0 radical (unpaired) electrons. The maximum atomic E-state index is 5.84. The van der Waals surface area contributed by atoms with Crippen LogP contribution in [0.4, 0.5) is 0 Å². The van der Waals surface area contributed by atoms with Crippen molar-refractivity contribution in [1.82, 2.24) is 9.97 Å². The number of rotatable bonds is 3. The molecule has 0 saturated heterocycles. The third-order valence-corrected chi connectivity index (χ3v) is 2.86. The Labute approximate surface area is 107 Å². The summed E-state index contributed by atoms with van der Waals surface area (Å²) >= 11 is 0. The number of nitrogens with zero attached hydrogens (tertiary/aromatic N) is 2. The average Bonchev–Trinajstić information content (AvgIpc) is 2.38. The Morgan fingerprint density at radius 2 is 1.89 bits per heavy atom. The van der Waals surface area contributed by atoms with Gasteiger partial charge in [-0.1, -0.05) is 0 Å². The molecule has 0 fully saturated rings. The predicted octanol–water partition coefficient (Wildman–Crippen LogP) is 2.48. The first kappa shape index (κ1) is 12.5. The van der Waals surface area contributed by atoms with Crippen LogP contribution in [-0.2, 0) is 0 Å². The van der Waals surface area contributed by atoms with Gasteiger partial charge in [-0.2, -0.15) is 0 Å².